The summed E-state index contributed by atoms with van der Waals surface area (Å²) in [6.45, 7) is 6.21. The van der Waals surface area contributed by atoms with Gasteiger partial charge < -0.3 is 15.4 Å². The van der Waals surface area contributed by atoms with Gasteiger partial charge >= 0.3 is 0 Å². The van der Waals surface area contributed by atoms with Crippen LogP contribution in [0.25, 0.3) is 11.0 Å². The monoisotopic (exact) mass is 432 g/mol. The fourth-order valence-electron chi connectivity index (χ4n) is 3.92. The molecule has 3 aromatic rings. The Morgan fingerprint density at radius 3 is 2.83 bits per heavy atom. The molecule has 0 bridgehead atoms. The molecule has 30 heavy (non-hydrogen) atoms. The fraction of sp³-hybridized carbons (Fsp3) is 0.400. The van der Waals surface area contributed by atoms with Crippen LogP contribution >= 0.6 is 11.6 Å². The van der Waals surface area contributed by atoms with Crippen LogP contribution in [0, 0.1) is 12.7 Å². The first-order valence-corrected chi connectivity index (χ1v) is 10.1. The van der Waals surface area contributed by atoms with E-state index in [1.54, 1.807) is 11.6 Å². The summed E-state index contributed by atoms with van der Waals surface area (Å²) in [7, 11) is 0. The highest BCUT2D eigenvalue weighted by Crippen LogP contribution is 2.44. The zero-order valence-electron chi connectivity index (χ0n) is 16.9. The van der Waals surface area contributed by atoms with Gasteiger partial charge in [-0.1, -0.05) is 11.6 Å². The van der Waals surface area contributed by atoms with Gasteiger partial charge in [0.25, 0.3) is 0 Å². The molecule has 0 unspecified atom stereocenters. The van der Waals surface area contributed by atoms with Crippen molar-refractivity contribution in [1.29, 1.82) is 0 Å². The number of ether oxygens (including phenoxy) is 1. The average molecular weight is 433 g/mol. The molecule has 1 aromatic carbocycles. The van der Waals surface area contributed by atoms with Crippen molar-refractivity contribution in [3.05, 3.63) is 34.5 Å². The molecule has 4 rings (SSSR count). The number of benzene rings is 1. The van der Waals surface area contributed by atoms with Crippen LogP contribution in [0.1, 0.15) is 44.0 Å². The Bertz CT molecular complexity index is 1150. The van der Waals surface area contributed by atoms with E-state index in [1.807, 2.05) is 13.8 Å². The Morgan fingerprint density at radius 2 is 2.17 bits per heavy atom. The summed E-state index contributed by atoms with van der Waals surface area (Å²) in [5.41, 5.74) is 7.91. The van der Waals surface area contributed by atoms with E-state index >= 15 is 4.39 Å². The molecule has 1 amide bonds. The topological polar surface area (TPSA) is 99.2 Å². The number of nitrogens with zero attached hydrogens (tertiary/aromatic N) is 5. The van der Waals surface area contributed by atoms with Crippen LogP contribution in [0.4, 0.5) is 15.9 Å². The zero-order valence-corrected chi connectivity index (χ0v) is 17.7. The number of carbonyl (C=O) groups excluding carboxylic acids is 1. The molecule has 0 saturated carbocycles. The average Bonchev–Trinajstić information content (AvgIpc) is 3.28. The van der Waals surface area contributed by atoms with Crippen molar-refractivity contribution in [1.82, 2.24) is 19.7 Å². The third-order valence-corrected chi connectivity index (χ3v) is 5.59. The van der Waals surface area contributed by atoms with Gasteiger partial charge in [-0.25, -0.2) is 19.0 Å². The number of anilines is 2. The number of halogens is 2. The van der Waals surface area contributed by atoms with Crippen LogP contribution in [-0.2, 0) is 4.79 Å². The van der Waals surface area contributed by atoms with Gasteiger partial charge in [0.1, 0.15) is 17.8 Å². The number of hydrogen-bond acceptors (Lipinski definition) is 6. The van der Waals surface area contributed by atoms with Crippen LogP contribution in [0.5, 0.6) is 5.75 Å². The third kappa shape index (κ3) is 3.13. The van der Waals surface area contributed by atoms with Crippen molar-refractivity contribution in [2.75, 3.05) is 23.8 Å². The van der Waals surface area contributed by atoms with Gasteiger partial charge in [0.15, 0.2) is 17.2 Å². The van der Waals surface area contributed by atoms with E-state index in [-0.39, 0.29) is 22.4 Å². The molecule has 3 heterocycles. The lowest BCUT2D eigenvalue weighted by Gasteiger charge is -2.25. The second-order valence-corrected chi connectivity index (χ2v) is 7.59. The lowest BCUT2D eigenvalue weighted by molar-refractivity contribution is -0.117. The SMILES string of the molecule is CCOc1c([C@H](C)n2nc(C)c3c(N)ncnc32)cc(Cl)c(F)c1N1CCCC1=O. The molecule has 2 aromatic heterocycles. The van der Waals surface area contributed by atoms with E-state index in [1.165, 1.54) is 17.3 Å². The number of carbonyl (C=O) groups is 1. The van der Waals surface area contributed by atoms with Crippen molar-refractivity contribution in [2.24, 2.45) is 0 Å². The van der Waals surface area contributed by atoms with E-state index in [0.29, 0.717) is 54.1 Å². The molecular formula is C20H22ClFN6O2. The predicted molar refractivity (Wildman–Crippen MR) is 112 cm³/mol. The number of hydrogen-bond donors (Lipinski definition) is 1. The smallest absolute Gasteiger partial charge is 0.227 e. The lowest BCUT2D eigenvalue weighted by atomic mass is 10.0. The summed E-state index contributed by atoms with van der Waals surface area (Å²) in [5.74, 6) is -0.206. The molecule has 10 heteroatoms. The summed E-state index contributed by atoms with van der Waals surface area (Å²) >= 11 is 6.25. The molecule has 8 nitrogen and oxygen atoms in total. The first-order chi connectivity index (χ1) is 14.3. The fourth-order valence-corrected chi connectivity index (χ4v) is 4.12. The highest BCUT2D eigenvalue weighted by molar-refractivity contribution is 6.31. The maximum absolute atomic E-state index is 15.1. The van der Waals surface area contributed by atoms with Crippen molar-refractivity contribution >= 4 is 40.0 Å². The van der Waals surface area contributed by atoms with Gasteiger partial charge in [-0.2, -0.15) is 5.10 Å². The number of fused-ring (bicyclic) bond motifs is 1. The largest absolute Gasteiger partial charge is 0.491 e. The second kappa shape index (κ2) is 7.71. The maximum Gasteiger partial charge on any atom is 0.227 e. The Balaban J connectivity index is 1.94. The van der Waals surface area contributed by atoms with Crippen LogP contribution in [0.3, 0.4) is 0 Å². The van der Waals surface area contributed by atoms with Crippen molar-refractivity contribution < 1.29 is 13.9 Å². The normalized spacial score (nSPS) is 15.2. The number of rotatable bonds is 5. The first kappa shape index (κ1) is 20.3. The molecule has 158 valence electrons. The molecule has 1 fully saturated rings. The first-order valence-electron chi connectivity index (χ1n) is 9.75. The van der Waals surface area contributed by atoms with Gasteiger partial charge in [-0.3, -0.25) is 4.79 Å². The summed E-state index contributed by atoms with van der Waals surface area (Å²) in [5, 5.41) is 5.16. The summed E-state index contributed by atoms with van der Waals surface area (Å²) in [6.07, 6.45) is 2.39. The van der Waals surface area contributed by atoms with Crippen molar-refractivity contribution in [3.63, 3.8) is 0 Å². The van der Waals surface area contributed by atoms with Gasteiger partial charge in [0.2, 0.25) is 5.91 Å². The van der Waals surface area contributed by atoms with Gasteiger partial charge in [0.05, 0.1) is 28.8 Å². The van der Waals surface area contributed by atoms with Crippen molar-refractivity contribution in [2.45, 2.75) is 39.7 Å². The standard InChI is InChI=1S/C20H22ClFN6O2/c1-4-30-18-12(8-13(21)16(22)17(18)27-7-5-6-14(27)29)11(3)28-20-15(10(2)26-28)19(23)24-9-25-20/h8-9,11H,4-7H2,1-3H3,(H2,23,24,25)/t11-/m0/s1. The predicted octanol–water partition coefficient (Wildman–Crippen LogP) is 3.64. The molecule has 1 aliphatic heterocycles. The van der Waals surface area contributed by atoms with Gasteiger partial charge in [0, 0.05) is 18.5 Å². The number of amides is 1. The molecule has 0 radical (unpaired) electrons. The van der Waals surface area contributed by atoms with E-state index in [4.69, 9.17) is 22.1 Å². The molecule has 0 spiro atoms. The number of aryl methyl sites for hydroxylation is 1. The molecule has 0 aliphatic carbocycles. The van der Waals surface area contributed by atoms with E-state index in [2.05, 4.69) is 15.1 Å². The minimum absolute atomic E-state index is 0.0797. The summed E-state index contributed by atoms with van der Waals surface area (Å²) in [4.78, 5) is 22.2. The van der Waals surface area contributed by atoms with Crippen LogP contribution in [0.2, 0.25) is 5.02 Å². The molecule has 1 atom stereocenters. The Morgan fingerprint density at radius 1 is 1.40 bits per heavy atom. The third-order valence-electron chi connectivity index (χ3n) is 5.32. The maximum atomic E-state index is 15.1. The van der Waals surface area contributed by atoms with Gasteiger partial charge in [-0.05, 0) is 33.3 Å². The van der Waals surface area contributed by atoms with Crippen LogP contribution < -0.4 is 15.4 Å². The molecule has 1 saturated heterocycles. The van der Waals surface area contributed by atoms with Gasteiger partial charge in [-0.15, -0.1) is 0 Å². The van der Waals surface area contributed by atoms with E-state index in [9.17, 15) is 4.79 Å². The number of nitrogens with two attached hydrogens (primary N) is 1. The lowest BCUT2D eigenvalue weighted by Crippen LogP contribution is -2.26. The highest BCUT2D eigenvalue weighted by Gasteiger charge is 2.32. The Labute approximate surface area is 177 Å². The van der Waals surface area contributed by atoms with Crippen molar-refractivity contribution in [3.8, 4) is 5.75 Å². The van der Waals surface area contributed by atoms with E-state index < -0.39 is 11.9 Å². The minimum atomic E-state index is -0.667. The summed E-state index contributed by atoms with van der Waals surface area (Å²) in [6, 6.07) is 1.09. The Hall–Kier alpha value is -2.94. The second-order valence-electron chi connectivity index (χ2n) is 7.18. The molecular weight excluding hydrogens is 411 g/mol. The molecule has 2 N–H and O–H groups in total. The molecule has 1 aliphatic rings. The van der Waals surface area contributed by atoms with E-state index in [0.717, 1.165) is 0 Å². The van der Waals surface area contributed by atoms with Crippen LogP contribution in [-0.4, -0.2) is 38.8 Å². The Kier molecular flexibility index (Phi) is 5.23. The zero-order chi connectivity index (χ0) is 21.6. The number of aromatic nitrogens is 4. The quantitative estimate of drug-likeness (QED) is 0.660. The van der Waals surface area contributed by atoms with Crippen LogP contribution in [0.15, 0.2) is 12.4 Å². The highest BCUT2D eigenvalue weighted by atomic mass is 35.5. The summed E-state index contributed by atoms with van der Waals surface area (Å²) < 4.78 is 22.6. The number of nitrogen functional groups attached to an aromatic ring is 1. The minimum Gasteiger partial charge on any atom is -0.491 e.